The first-order chi connectivity index (χ1) is 30.1. The zero-order chi connectivity index (χ0) is 45.8. The van der Waals surface area contributed by atoms with Crippen molar-refractivity contribution in [3.05, 3.63) is 173 Å². The van der Waals surface area contributed by atoms with Crippen molar-refractivity contribution in [2.45, 2.75) is 6.04 Å². The summed E-state index contributed by atoms with van der Waals surface area (Å²) >= 11 is 47.6. The van der Waals surface area contributed by atoms with Crippen LogP contribution in [0.4, 0.5) is 11.6 Å². The summed E-state index contributed by atoms with van der Waals surface area (Å²) in [4.78, 5) is 26.8. The number of anilines is 2. The van der Waals surface area contributed by atoms with E-state index >= 15 is 0 Å². The molecule has 1 unspecified atom stereocenters. The number of hydrogen-bond acceptors (Lipinski definition) is 11. The van der Waals surface area contributed by atoms with Crippen molar-refractivity contribution >= 4 is 133 Å². The van der Waals surface area contributed by atoms with Crippen molar-refractivity contribution in [3.8, 4) is 23.0 Å². The fraction of sp³-hybridized carbons (Fsp3) is 0.0682. The molecule has 0 spiro atoms. The van der Waals surface area contributed by atoms with Crippen LogP contribution in [0.15, 0.2) is 116 Å². The van der Waals surface area contributed by atoms with E-state index in [1.165, 1.54) is 38.7 Å². The largest absolute Gasteiger partial charge is 0.506 e. The number of pyridine rings is 4. The Kier molecular flexibility index (Phi) is 17.8. The Balaban J connectivity index is 0.000000189. The molecule has 1 atom stereocenters. The monoisotopic (exact) mass is 1000 g/mol. The van der Waals surface area contributed by atoms with Crippen molar-refractivity contribution in [1.82, 2.24) is 19.9 Å². The molecule has 0 amide bonds. The fourth-order valence-corrected chi connectivity index (χ4v) is 7.34. The van der Waals surface area contributed by atoms with Crippen LogP contribution in [0.2, 0.25) is 40.2 Å². The minimum Gasteiger partial charge on any atom is -0.506 e. The number of halogens is 8. The number of methoxy groups -OCH3 is 2. The SMILES string of the molecule is COc1cc(Cl)cnc1N.COc1cc(Cl)cnc1NC(c1cc(Cl)cc(Cl)c1Cl)c1ccc2cccnc2c1O.O=Cc1cc(Cl)cc(Cl)c1Cl.Oc1cccc2cccnc12. The third-order valence-corrected chi connectivity index (χ3v) is 11.1. The first-order valence-corrected chi connectivity index (χ1v) is 20.9. The number of rotatable bonds is 7. The van der Waals surface area contributed by atoms with Crippen molar-refractivity contribution < 1.29 is 24.5 Å². The Morgan fingerprint density at radius 2 is 1.19 bits per heavy atom. The summed E-state index contributed by atoms with van der Waals surface area (Å²) < 4.78 is 10.3. The van der Waals surface area contributed by atoms with Crippen LogP contribution in [0.5, 0.6) is 23.0 Å². The minimum absolute atomic E-state index is 0.00399. The van der Waals surface area contributed by atoms with Crippen LogP contribution < -0.4 is 20.5 Å². The molecule has 4 aromatic heterocycles. The highest BCUT2D eigenvalue weighted by Gasteiger charge is 2.25. The summed E-state index contributed by atoms with van der Waals surface area (Å²) in [6, 6.07) is 25.2. The Labute approximate surface area is 401 Å². The summed E-state index contributed by atoms with van der Waals surface area (Å²) in [5.74, 6) is 1.91. The van der Waals surface area contributed by atoms with Crippen LogP contribution in [0.25, 0.3) is 21.8 Å². The Morgan fingerprint density at radius 3 is 1.81 bits per heavy atom. The number of hydrogen-bond donors (Lipinski definition) is 4. The van der Waals surface area contributed by atoms with Crippen LogP contribution in [0.3, 0.4) is 0 Å². The molecule has 0 aliphatic rings. The van der Waals surface area contributed by atoms with Gasteiger partial charge in [-0.1, -0.05) is 129 Å². The highest BCUT2D eigenvalue weighted by Crippen LogP contribution is 2.43. The Morgan fingerprint density at radius 1 is 0.619 bits per heavy atom. The minimum atomic E-state index is -0.683. The summed E-state index contributed by atoms with van der Waals surface area (Å²) in [5.41, 5.74) is 7.88. The molecule has 4 aromatic carbocycles. The number of aldehydes is 1. The number of para-hydroxylation sites is 1. The van der Waals surface area contributed by atoms with E-state index in [4.69, 9.17) is 108 Å². The number of fused-ring (bicyclic) bond motifs is 2. The van der Waals surface area contributed by atoms with Crippen LogP contribution in [0, 0.1) is 0 Å². The summed E-state index contributed by atoms with van der Waals surface area (Å²) in [5, 5.41) is 28.3. The van der Waals surface area contributed by atoms with E-state index in [1.54, 1.807) is 60.9 Å². The molecule has 0 aliphatic carbocycles. The third kappa shape index (κ3) is 12.7. The van der Waals surface area contributed by atoms with E-state index in [-0.39, 0.29) is 26.6 Å². The number of phenolic OH excluding ortho intramolecular Hbond substituents is 2. The lowest BCUT2D eigenvalue weighted by Crippen LogP contribution is -2.15. The highest BCUT2D eigenvalue weighted by atomic mass is 35.5. The molecule has 63 heavy (non-hydrogen) atoms. The number of carbonyl (C=O) groups excluding carboxylic acids is 1. The lowest BCUT2D eigenvalue weighted by molar-refractivity contribution is 0.112. The van der Waals surface area contributed by atoms with Gasteiger partial charge in [-0.15, -0.1) is 0 Å². The van der Waals surface area contributed by atoms with Crippen molar-refractivity contribution in [1.29, 1.82) is 0 Å². The molecule has 19 heteroatoms. The van der Waals surface area contributed by atoms with Gasteiger partial charge in [-0.3, -0.25) is 14.8 Å². The highest BCUT2D eigenvalue weighted by molar-refractivity contribution is 6.45. The molecule has 0 fully saturated rings. The molecule has 5 N–H and O–H groups in total. The van der Waals surface area contributed by atoms with E-state index in [2.05, 4.69) is 25.3 Å². The van der Waals surface area contributed by atoms with Gasteiger partial charge in [-0.25, -0.2) is 9.97 Å². The maximum absolute atomic E-state index is 11.1. The number of nitrogens with two attached hydrogens (primary N) is 1. The molecular formula is C44H32Cl8N6O5. The van der Waals surface area contributed by atoms with Crippen LogP contribution in [-0.4, -0.2) is 50.7 Å². The van der Waals surface area contributed by atoms with Crippen molar-refractivity contribution in [3.63, 3.8) is 0 Å². The Hall–Kier alpha value is -5.21. The first kappa shape index (κ1) is 48.8. The van der Waals surface area contributed by atoms with Gasteiger partial charge in [0.2, 0.25) is 0 Å². The second-order valence-corrected chi connectivity index (χ2v) is 16.0. The van der Waals surface area contributed by atoms with Gasteiger partial charge in [0.25, 0.3) is 0 Å². The second kappa shape index (κ2) is 22.9. The number of carbonyl (C=O) groups is 1. The Bertz CT molecular complexity index is 2890. The van der Waals surface area contributed by atoms with Gasteiger partial charge in [0.1, 0.15) is 22.5 Å². The van der Waals surface area contributed by atoms with Crippen LogP contribution in [0.1, 0.15) is 27.5 Å². The molecule has 0 saturated carbocycles. The van der Waals surface area contributed by atoms with Gasteiger partial charge in [0.15, 0.2) is 29.4 Å². The van der Waals surface area contributed by atoms with E-state index in [1.807, 2.05) is 30.3 Å². The molecule has 0 radical (unpaired) electrons. The number of nitrogen functional groups attached to an aromatic ring is 1. The number of phenols is 2. The molecule has 11 nitrogen and oxygen atoms in total. The maximum atomic E-state index is 11.1. The zero-order valence-corrected chi connectivity index (χ0v) is 38.7. The number of aromatic nitrogens is 4. The van der Waals surface area contributed by atoms with Gasteiger partial charge in [0.05, 0.1) is 50.4 Å². The van der Waals surface area contributed by atoms with Gasteiger partial charge in [-0.05, 0) is 42.5 Å². The lowest BCUT2D eigenvalue weighted by atomic mass is 9.96. The topological polar surface area (TPSA) is 166 Å². The van der Waals surface area contributed by atoms with Gasteiger partial charge >= 0.3 is 0 Å². The smallest absolute Gasteiger partial charge is 0.169 e. The van der Waals surface area contributed by atoms with Gasteiger partial charge in [-0.2, -0.15) is 0 Å². The quantitative estimate of drug-likeness (QED) is 0.0887. The predicted octanol–water partition coefficient (Wildman–Crippen LogP) is 13.9. The van der Waals surface area contributed by atoms with E-state index < -0.39 is 6.04 Å². The summed E-state index contributed by atoms with van der Waals surface area (Å²) in [7, 11) is 3.03. The van der Waals surface area contributed by atoms with Crippen molar-refractivity contribution in [2.24, 2.45) is 0 Å². The maximum Gasteiger partial charge on any atom is 0.169 e. The summed E-state index contributed by atoms with van der Waals surface area (Å²) in [6.45, 7) is 0. The number of aromatic hydroxyl groups is 2. The zero-order valence-electron chi connectivity index (χ0n) is 32.6. The van der Waals surface area contributed by atoms with Crippen LogP contribution >= 0.6 is 92.8 Å². The van der Waals surface area contributed by atoms with Crippen LogP contribution in [-0.2, 0) is 0 Å². The van der Waals surface area contributed by atoms with E-state index in [0.717, 1.165) is 10.8 Å². The second-order valence-electron chi connectivity index (χ2n) is 12.7. The average molecular weight is 1010 g/mol. The number of ether oxygens (including phenoxy) is 2. The lowest BCUT2D eigenvalue weighted by Gasteiger charge is -2.24. The first-order valence-electron chi connectivity index (χ1n) is 17.9. The normalized spacial score (nSPS) is 10.9. The third-order valence-electron chi connectivity index (χ3n) is 8.57. The molecule has 8 aromatic rings. The molecule has 4 heterocycles. The van der Waals surface area contributed by atoms with E-state index in [9.17, 15) is 15.0 Å². The molecule has 0 bridgehead atoms. The predicted molar refractivity (Wildman–Crippen MR) is 257 cm³/mol. The fourth-order valence-electron chi connectivity index (χ4n) is 5.65. The number of nitrogens with zero attached hydrogens (tertiary/aromatic N) is 4. The number of benzene rings is 4. The molecule has 8 rings (SSSR count). The summed E-state index contributed by atoms with van der Waals surface area (Å²) in [6.07, 6.45) is 6.85. The standard InChI is InChI=1S/C22H15Cl4N3O2.C9H7NO.C7H3Cl3O.C6H7ClN2O/c1-31-17-9-13(24)10-28-22(17)29-20(15-7-12(23)8-16(25)18(15)26)14-5-4-11-3-2-6-27-19(11)21(14)30;11-8-5-1-3-7-4-2-6-10-9(7)8;8-5-1-4(3-11)7(10)6(9)2-5;1-10-5-2-4(7)3-9-6(5)8/h2-10,20,30H,1H3,(H,28,29);1-6,11H;1-3H;2-3H,1H3,(H2,8,9). The average Bonchev–Trinajstić information content (AvgIpc) is 3.28. The van der Waals surface area contributed by atoms with Crippen molar-refractivity contribution in [2.75, 3.05) is 25.3 Å². The molecule has 0 saturated heterocycles. The number of nitrogens with one attached hydrogen (secondary N) is 1. The van der Waals surface area contributed by atoms with Gasteiger partial charge < -0.3 is 30.7 Å². The van der Waals surface area contributed by atoms with E-state index in [0.29, 0.717) is 82.3 Å². The molecule has 0 aliphatic heterocycles. The molecule has 324 valence electrons. The molecular weight excluding hydrogens is 976 g/mol. The van der Waals surface area contributed by atoms with Gasteiger partial charge in [0, 0.05) is 74.4 Å².